The van der Waals surface area contributed by atoms with Crippen molar-refractivity contribution in [2.45, 2.75) is 9.92 Å². The highest BCUT2D eigenvalue weighted by atomic mass is 35.5. The topological polar surface area (TPSA) is 44.2 Å². The number of hydrogen-bond donors (Lipinski definition) is 0. The van der Waals surface area contributed by atoms with E-state index in [-0.39, 0.29) is 0 Å². The van der Waals surface area contributed by atoms with Crippen LogP contribution in [0.1, 0.15) is 0 Å². The number of nitrogens with zero attached hydrogens (tertiary/aromatic N) is 2. The SMILES string of the molecule is Clc1cc2c(cc1Sc1ncnc3ccsc13)OCCO2. The fraction of sp³-hybridized carbons (Fsp3) is 0.143. The van der Waals surface area contributed by atoms with E-state index in [1.165, 1.54) is 11.8 Å². The number of hydrogen-bond acceptors (Lipinski definition) is 6. The first-order valence-corrected chi connectivity index (χ1v) is 8.34. The summed E-state index contributed by atoms with van der Waals surface area (Å²) in [6.45, 7) is 1.11. The molecular formula is C14H9ClN2O2S2. The van der Waals surface area contributed by atoms with Gasteiger partial charge in [0, 0.05) is 11.0 Å². The van der Waals surface area contributed by atoms with Crippen LogP contribution < -0.4 is 9.47 Å². The monoisotopic (exact) mass is 336 g/mol. The van der Waals surface area contributed by atoms with Crippen molar-refractivity contribution in [3.05, 3.63) is 34.9 Å². The summed E-state index contributed by atoms with van der Waals surface area (Å²) in [5.74, 6) is 1.42. The van der Waals surface area contributed by atoms with Crippen LogP contribution >= 0.6 is 34.7 Å². The zero-order valence-corrected chi connectivity index (χ0v) is 13.1. The van der Waals surface area contributed by atoms with Crippen LogP contribution in [0, 0.1) is 0 Å². The van der Waals surface area contributed by atoms with Gasteiger partial charge >= 0.3 is 0 Å². The molecule has 1 aliphatic heterocycles. The summed E-state index contributed by atoms with van der Waals surface area (Å²) in [5, 5.41) is 3.54. The Balaban J connectivity index is 1.75. The van der Waals surface area contributed by atoms with Crippen molar-refractivity contribution in [2.75, 3.05) is 13.2 Å². The van der Waals surface area contributed by atoms with Crippen molar-refractivity contribution in [1.82, 2.24) is 9.97 Å². The molecule has 1 aliphatic rings. The van der Waals surface area contributed by atoms with Crippen LogP contribution in [0.3, 0.4) is 0 Å². The van der Waals surface area contributed by atoms with E-state index in [0.29, 0.717) is 24.0 Å². The molecule has 0 aliphatic carbocycles. The molecule has 106 valence electrons. The minimum Gasteiger partial charge on any atom is -0.486 e. The van der Waals surface area contributed by atoms with E-state index < -0.39 is 0 Å². The van der Waals surface area contributed by atoms with Gasteiger partial charge < -0.3 is 9.47 Å². The van der Waals surface area contributed by atoms with Gasteiger partial charge in [0.1, 0.15) is 24.6 Å². The second-order valence-electron chi connectivity index (χ2n) is 4.34. The maximum atomic E-state index is 6.34. The third-order valence-corrected chi connectivity index (χ3v) is 5.54. The zero-order chi connectivity index (χ0) is 14.2. The number of halogens is 1. The summed E-state index contributed by atoms with van der Waals surface area (Å²) < 4.78 is 12.2. The van der Waals surface area contributed by atoms with Gasteiger partial charge in [-0.3, -0.25) is 0 Å². The Morgan fingerprint density at radius 2 is 1.95 bits per heavy atom. The van der Waals surface area contributed by atoms with Crippen molar-refractivity contribution in [2.24, 2.45) is 0 Å². The number of ether oxygens (including phenoxy) is 2. The van der Waals surface area contributed by atoms with Crippen LogP contribution in [0.5, 0.6) is 11.5 Å². The van der Waals surface area contributed by atoms with Crippen LogP contribution in [0.15, 0.2) is 39.8 Å². The van der Waals surface area contributed by atoms with Gasteiger partial charge in [-0.15, -0.1) is 11.3 Å². The van der Waals surface area contributed by atoms with Gasteiger partial charge in [-0.25, -0.2) is 9.97 Å². The van der Waals surface area contributed by atoms with Gasteiger partial charge in [-0.2, -0.15) is 0 Å². The summed E-state index contributed by atoms with van der Waals surface area (Å²) in [4.78, 5) is 9.50. The second kappa shape index (κ2) is 5.36. The average Bonchev–Trinajstić information content (AvgIpc) is 2.97. The van der Waals surface area contributed by atoms with Crippen LogP contribution in [-0.2, 0) is 0 Å². The molecule has 4 rings (SSSR count). The Bertz CT molecular complexity index is 822. The van der Waals surface area contributed by atoms with Gasteiger partial charge in [0.25, 0.3) is 0 Å². The fourth-order valence-electron chi connectivity index (χ4n) is 2.07. The number of benzene rings is 1. The second-order valence-corrected chi connectivity index (χ2v) is 6.70. The van der Waals surface area contributed by atoms with Gasteiger partial charge in [0.2, 0.25) is 0 Å². The molecule has 4 nitrogen and oxygen atoms in total. The molecule has 0 fully saturated rings. The standard InChI is InChI=1S/C14H9ClN2O2S2/c15-8-5-10-11(19-3-2-18-10)6-12(8)21-14-13-9(1-4-20-13)16-7-17-14/h1,4-7H,2-3H2. The molecule has 0 atom stereocenters. The molecule has 0 bridgehead atoms. The third-order valence-electron chi connectivity index (χ3n) is 3.01. The van der Waals surface area contributed by atoms with Crippen LogP contribution in [-0.4, -0.2) is 23.2 Å². The number of thiophene rings is 1. The zero-order valence-electron chi connectivity index (χ0n) is 10.7. The van der Waals surface area contributed by atoms with E-state index in [0.717, 1.165) is 25.9 Å². The number of rotatable bonds is 2. The van der Waals surface area contributed by atoms with Crippen molar-refractivity contribution < 1.29 is 9.47 Å². The molecule has 21 heavy (non-hydrogen) atoms. The molecule has 3 heterocycles. The maximum Gasteiger partial charge on any atom is 0.162 e. The molecule has 0 amide bonds. The van der Waals surface area contributed by atoms with E-state index in [4.69, 9.17) is 21.1 Å². The lowest BCUT2D eigenvalue weighted by atomic mass is 10.3. The van der Waals surface area contributed by atoms with Crippen molar-refractivity contribution >= 4 is 44.9 Å². The highest BCUT2D eigenvalue weighted by Crippen LogP contribution is 2.43. The molecule has 3 aromatic rings. The first kappa shape index (κ1) is 13.2. The summed E-state index contributed by atoms with van der Waals surface area (Å²) in [6.07, 6.45) is 1.57. The molecule has 0 spiro atoms. The molecule has 1 aromatic carbocycles. The van der Waals surface area contributed by atoms with Crippen molar-refractivity contribution in [1.29, 1.82) is 0 Å². The predicted molar refractivity (Wildman–Crippen MR) is 84.0 cm³/mol. The molecule has 2 aromatic heterocycles. The minimum atomic E-state index is 0.553. The van der Waals surface area contributed by atoms with Gasteiger partial charge in [-0.1, -0.05) is 23.4 Å². The van der Waals surface area contributed by atoms with E-state index in [1.807, 2.05) is 17.5 Å². The molecule has 7 heteroatoms. The van der Waals surface area contributed by atoms with Crippen LogP contribution in [0.25, 0.3) is 10.2 Å². The smallest absolute Gasteiger partial charge is 0.162 e. The molecule has 0 unspecified atom stereocenters. The lowest BCUT2D eigenvalue weighted by Crippen LogP contribution is -2.15. The Morgan fingerprint density at radius 3 is 2.81 bits per heavy atom. The normalized spacial score (nSPS) is 13.6. The van der Waals surface area contributed by atoms with Gasteiger partial charge in [-0.05, 0) is 17.5 Å². The number of fused-ring (bicyclic) bond motifs is 2. The highest BCUT2D eigenvalue weighted by molar-refractivity contribution is 7.99. The summed E-state index contributed by atoms with van der Waals surface area (Å²) in [7, 11) is 0. The summed E-state index contributed by atoms with van der Waals surface area (Å²) in [5.41, 5.74) is 0.950. The van der Waals surface area contributed by atoms with E-state index in [2.05, 4.69) is 9.97 Å². The van der Waals surface area contributed by atoms with E-state index in [1.54, 1.807) is 23.7 Å². The Hall–Kier alpha value is -1.50. The quantitative estimate of drug-likeness (QED) is 0.654. The Kier molecular flexibility index (Phi) is 3.37. The predicted octanol–water partition coefficient (Wildman–Crippen LogP) is 4.27. The minimum absolute atomic E-state index is 0.553. The summed E-state index contributed by atoms with van der Waals surface area (Å²) in [6, 6.07) is 5.69. The molecule has 0 saturated carbocycles. The molecule has 0 radical (unpaired) electrons. The van der Waals surface area contributed by atoms with Crippen molar-refractivity contribution in [3.63, 3.8) is 0 Å². The van der Waals surface area contributed by atoms with Crippen LogP contribution in [0.4, 0.5) is 0 Å². The average molecular weight is 337 g/mol. The highest BCUT2D eigenvalue weighted by Gasteiger charge is 2.17. The van der Waals surface area contributed by atoms with E-state index >= 15 is 0 Å². The van der Waals surface area contributed by atoms with Gasteiger partial charge in [0.15, 0.2) is 11.5 Å². The first-order valence-electron chi connectivity index (χ1n) is 6.26. The first-order chi connectivity index (χ1) is 10.3. The summed E-state index contributed by atoms with van der Waals surface area (Å²) >= 11 is 9.48. The molecule has 0 saturated heterocycles. The largest absolute Gasteiger partial charge is 0.486 e. The fourth-order valence-corrected chi connectivity index (χ4v) is 4.16. The van der Waals surface area contributed by atoms with Gasteiger partial charge in [0.05, 0.1) is 15.2 Å². The molecular weight excluding hydrogens is 328 g/mol. The Morgan fingerprint density at radius 1 is 1.14 bits per heavy atom. The third kappa shape index (κ3) is 2.43. The van der Waals surface area contributed by atoms with Crippen molar-refractivity contribution in [3.8, 4) is 11.5 Å². The lowest BCUT2D eigenvalue weighted by Gasteiger charge is -2.19. The lowest BCUT2D eigenvalue weighted by molar-refractivity contribution is 0.171. The maximum absolute atomic E-state index is 6.34. The number of aromatic nitrogens is 2. The van der Waals surface area contributed by atoms with Crippen LogP contribution in [0.2, 0.25) is 5.02 Å². The molecule has 0 N–H and O–H groups in total. The van der Waals surface area contributed by atoms with E-state index in [9.17, 15) is 0 Å². The Labute approximate surface area is 134 Å².